The van der Waals surface area contributed by atoms with Crippen LogP contribution in [0, 0.1) is 6.07 Å². The molecule has 0 fully saturated rings. The van der Waals surface area contributed by atoms with E-state index in [9.17, 15) is 0 Å². The van der Waals surface area contributed by atoms with Crippen LogP contribution in [0.4, 0.5) is 0 Å². The molecule has 0 saturated heterocycles. The van der Waals surface area contributed by atoms with E-state index < -0.39 is 0 Å². The highest BCUT2D eigenvalue weighted by molar-refractivity contribution is 6.08. The second kappa shape index (κ2) is 4.25. The summed E-state index contributed by atoms with van der Waals surface area (Å²) in [6.07, 6.45) is 0. The molecule has 5 aromatic rings. The molecule has 0 amide bonds. The van der Waals surface area contributed by atoms with Crippen molar-refractivity contribution in [2.24, 2.45) is 0 Å². The van der Waals surface area contributed by atoms with Crippen molar-refractivity contribution in [3.63, 3.8) is 0 Å². The second-order valence-corrected chi connectivity index (χ2v) is 5.48. The van der Waals surface area contributed by atoms with Crippen LogP contribution in [-0.2, 0) is 0 Å². The summed E-state index contributed by atoms with van der Waals surface area (Å²) in [5, 5.41) is 3.41. The number of fused-ring (bicyclic) bond motifs is 4. The predicted octanol–water partition coefficient (Wildman–Crippen LogP) is 5.53. The van der Waals surface area contributed by atoms with Gasteiger partial charge in [0.15, 0.2) is 0 Å². The third-order valence-electron chi connectivity index (χ3n) is 4.10. The molecule has 0 saturated carbocycles. The minimum absolute atomic E-state index is 0.855. The normalized spacial score (nSPS) is 11.6. The molecule has 0 aliphatic rings. The first kappa shape index (κ1) is 11.6. The second-order valence-electron chi connectivity index (χ2n) is 5.48. The minimum Gasteiger partial charge on any atom is -0.456 e. The lowest BCUT2D eigenvalue weighted by molar-refractivity contribution is 0.631. The maximum atomic E-state index is 5.95. The number of H-pyrrole nitrogens is 1. The molecule has 2 heteroatoms. The summed E-state index contributed by atoms with van der Waals surface area (Å²) >= 11 is 0. The predicted molar refractivity (Wildman–Crippen MR) is 89.8 cm³/mol. The Kier molecular flexibility index (Phi) is 2.25. The van der Waals surface area contributed by atoms with E-state index >= 15 is 0 Å². The Labute approximate surface area is 127 Å². The first-order chi connectivity index (χ1) is 10.9. The molecule has 0 aliphatic carbocycles. The third kappa shape index (κ3) is 1.61. The molecular weight excluding hydrogens is 270 g/mol. The molecule has 0 atom stereocenters. The molecule has 5 rings (SSSR count). The van der Waals surface area contributed by atoms with E-state index in [1.807, 2.05) is 24.3 Å². The topological polar surface area (TPSA) is 28.9 Å². The minimum atomic E-state index is 0.855. The number of rotatable bonds is 1. The summed E-state index contributed by atoms with van der Waals surface area (Å²) in [6.45, 7) is 0. The van der Waals surface area contributed by atoms with Gasteiger partial charge >= 0.3 is 0 Å². The summed E-state index contributed by atoms with van der Waals surface area (Å²) in [4.78, 5) is 3.42. The maximum Gasteiger partial charge on any atom is 0.136 e. The molecule has 103 valence electrons. The fourth-order valence-electron chi connectivity index (χ4n) is 3.02. The molecule has 0 unspecified atom stereocenters. The number of benzene rings is 3. The van der Waals surface area contributed by atoms with E-state index in [0.717, 1.165) is 38.7 Å². The van der Waals surface area contributed by atoms with Gasteiger partial charge in [-0.2, -0.15) is 0 Å². The largest absolute Gasteiger partial charge is 0.456 e. The molecule has 1 N–H and O–H groups in total. The van der Waals surface area contributed by atoms with Gasteiger partial charge in [0.05, 0.1) is 0 Å². The molecule has 1 radical (unpaired) electrons. The summed E-state index contributed by atoms with van der Waals surface area (Å²) in [5.74, 6) is 0.855. The Balaban J connectivity index is 1.78. The van der Waals surface area contributed by atoms with Gasteiger partial charge in [-0.1, -0.05) is 36.4 Å². The van der Waals surface area contributed by atoms with Crippen molar-refractivity contribution in [2.75, 3.05) is 0 Å². The van der Waals surface area contributed by atoms with Gasteiger partial charge < -0.3 is 9.40 Å². The molecule has 22 heavy (non-hydrogen) atoms. The van der Waals surface area contributed by atoms with Gasteiger partial charge in [-0.25, -0.2) is 0 Å². The lowest BCUT2D eigenvalue weighted by Gasteiger charge is -1.97. The number of hydrogen-bond donors (Lipinski definition) is 1. The average Bonchev–Trinajstić information content (AvgIpc) is 3.15. The van der Waals surface area contributed by atoms with Gasteiger partial charge in [0.25, 0.3) is 0 Å². The van der Waals surface area contributed by atoms with Gasteiger partial charge in [0.1, 0.15) is 11.3 Å². The van der Waals surface area contributed by atoms with Crippen molar-refractivity contribution in [1.29, 1.82) is 0 Å². The Morgan fingerprint density at radius 2 is 1.68 bits per heavy atom. The number of nitrogens with one attached hydrogen (secondary N) is 1. The molecule has 2 aromatic heterocycles. The van der Waals surface area contributed by atoms with Gasteiger partial charge in [0, 0.05) is 38.8 Å². The Morgan fingerprint density at radius 1 is 0.818 bits per heavy atom. The SMILES string of the molecule is [c]1c(-c2cc3ccccc3o2)ccc2[nH]c3ccccc3c12. The summed E-state index contributed by atoms with van der Waals surface area (Å²) in [5.41, 5.74) is 4.12. The van der Waals surface area contributed by atoms with Crippen molar-refractivity contribution in [3.05, 3.63) is 72.8 Å². The number of hydrogen-bond acceptors (Lipinski definition) is 1. The van der Waals surface area contributed by atoms with Crippen LogP contribution in [0.25, 0.3) is 44.1 Å². The van der Waals surface area contributed by atoms with Gasteiger partial charge in [-0.15, -0.1) is 0 Å². The van der Waals surface area contributed by atoms with Crippen LogP contribution < -0.4 is 0 Å². The zero-order chi connectivity index (χ0) is 14.5. The van der Waals surface area contributed by atoms with Gasteiger partial charge in [-0.05, 0) is 30.3 Å². The fourth-order valence-corrected chi connectivity index (χ4v) is 3.02. The first-order valence-electron chi connectivity index (χ1n) is 7.30. The van der Waals surface area contributed by atoms with Crippen molar-refractivity contribution >= 4 is 32.8 Å². The summed E-state index contributed by atoms with van der Waals surface area (Å²) in [6, 6.07) is 26.1. The third-order valence-corrected chi connectivity index (χ3v) is 4.10. The van der Waals surface area contributed by atoms with Crippen molar-refractivity contribution < 1.29 is 4.42 Å². The van der Waals surface area contributed by atoms with Crippen LogP contribution in [0.5, 0.6) is 0 Å². The van der Waals surface area contributed by atoms with E-state index in [0.29, 0.717) is 0 Å². The van der Waals surface area contributed by atoms with Crippen molar-refractivity contribution in [1.82, 2.24) is 4.98 Å². The van der Waals surface area contributed by atoms with Crippen LogP contribution in [-0.4, -0.2) is 4.98 Å². The molecule has 3 aromatic carbocycles. The number of aromatic amines is 1. The molecule has 0 spiro atoms. The van der Waals surface area contributed by atoms with Crippen LogP contribution >= 0.6 is 0 Å². The van der Waals surface area contributed by atoms with Crippen molar-refractivity contribution in [3.8, 4) is 11.3 Å². The Hall–Kier alpha value is -3.00. The highest BCUT2D eigenvalue weighted by Crippen LogP contribution is 2.32. The summed E-state index contributed by atoms with van der Waals surface area (Å²) < 4.78 is 5.95. The average molecular weight is 282 g/mol. The Bertz CT molecular complexity index is 1100. The maximum absolute atomic E-state index is 5.95. The van der Waals surface area contributed by atoms with E-state index in [2.05, 4.69) is 53.5 Å². The lowest BCUT2D eigenvalue weighted by Crippen LogP contribution is -1.75. The van der Waals surface area contributed by atoms with Crippen LogP contribution in [0.3, 0.4) is 0 Å². The summed E-state index contributed by atoms with van der Waals surface area (Å²) in [7, 11) is 0. The lowest BCUT2D eigenvalue weighted by atomic mass is 10.1. The van der Waals surface area contributed by atoms with Crippen molar-refractivity contribution in [2.45, 2.75) is 0 Å². The van der Waals surface area contributed by atoms with Crippen LogP contribution in [0.15, 0.2) is 71.1 Å². The molecule has 2 nitrogen and oxygen atoms in total. The zero-order valence-corrected chi connectivity index (χ0v) is 11.8. The van der Waals surface area contributed by atoms with Gasteiger partial charge in [-0.3, -0.25) is 0 Å². The molecule has 2 heterocycles. The molecule has 0 bridgehead atoms. The van der Waals surface area contributed by atoms with Crippen LogP contribution in [0.2, 0.25) is 0 Å². The quantitative estimate of drug-likeness (QED) is 0.430. The standard InChI is InChI=1S/C20H12NO/c1-4-8-19-13(5-1)12-20(22-19)14-9-10-18-16(11-14)15-6-2-3-7-17(15)21-18/h1-10,12,21H. The number of para-hydroxylation sites is 2. The zero-order valence-electron chi connectivity index (χ0n) is 11.8. The van der Waals surface area contributed by atoms with E-state index in [1.165, 1.54) is 5.39 Å². The van der Waals surface area contributed by atoms with Gasteiger partial charge in [0.2, 0.25) is 0 Å². The van der Waals surface area contributed by atoms with E-state index in [-0.39, 0.29) is 0 Å². The number of furan rings is 1. The smallest absolute Gasteiger partial charge is 0.136 e. The fraction of sp³-hybridized carbons (Fsp3) is 0. The first-order valence-corrected chi connectivity index (χ1v) is 7.30. The van der Waals surface area contributed by atoms with Crippen LogP contribution in [0.1, 0.15) is 0 Å². The monoisotopic (exact) mass is 282 g/mol. The highest BCUT2D eigenvalue weighted by atomic mass is 16.3. The molecular formula is C20H12NO. The number of aromatic nitrogens is 1. The van der Waals surface area contributed by atoms with E-state index in [4.69, 9.17) is 4.42 Å². The highest BCUT2D eigenvalue weighted by Gasteiger charge is 2.09. The van der Waals surface area contributed by atoms with E-state index in [1.54, 1.807) is 0 Å². The molecule has 0 aliphatic heterocycles. The Morgan fingerprint density at radius 3 is 2.64 bits per heavy atom.